The number of halogens is 2. The second-order valence-corrected chi connectivity index (χ2v) is 13.5. The molecule has 54 heavy (non-hydrogen) atoms. The van der Waals surface area contributed by atoms with E-state index in [-0.39, 0.29) is 5.69 Å². The molecule has 0 bridgehead atoms. The van der Waals surface area contributed by atoms with Crippen LogP contribution in [0.4, 0.5) is 14.5 Å². The molecule has 0 unspecified atom stereocenters. The molecule has 5 heteroatoms. The molecule has 0 spiro atoms. The predicted molar refractivity (Wildman–Crippen MR) is 218 cm³/mol. The molecule has 0 fully saturated rings. The van der Waals surface area contributed by atoms with Crippen LogP contribution in [-0.2, 0) is 0 Å². The van der Waals surface area contributed by atoms with E-state index in [4.69, 9.17) is 6.57 Å². The molecule has 10 rings (SSSR count). The molecule has 8 aromatic carbocycles. The summed E-state index contributed by atoms with van der Waals surface area (Å²) in [6.45, 7) is 8.35. The highest BCUT2D eigenvalue weighted by Crippen LogP contribution is 2.44. The molecule has 0 saturated heterocycles. The number of benzene rings is 8. The fourth-order valence-electron chi connectivity index (χ4n) is 8.04. The Morgan fingerprint density at radius 2 is 0.815 bits per heavy atom. The minimum absolute atomic E-state index is 0.290. The molecule has 3 nitrogen and oxygen atoms in total. The van der Waals surface area contributed by atoms with Crippen LogP contribution < -0.4 is 0 Å². The third-order valence-corrected chi connectivity index (χ3v) is 10.4. The first-order valence-electron chi connectivity index (χ1n) is 17.8. The van der Waals surface area contributed by atoms with Crippen molar-refractivity contribution in [3.63, 3.8) is 0 Å². The molecule has 254 valence electrons. The van der Waals surface area contributed by atoms with Gasteiger partial charge in [-0.15, -0.1) is 0 Å². The predicted octanol–water partition coefficient (Wildman–Crippen LogP) is 13.7. The molecule has 0 saturated carbocycles. The summed E-state index contributed by atoms with van der Waals surface area (Å²) < 4.78 is 34.0. The van der Waals surface area contributed by atoms with Crippen LogP contribution in [0.5, 0.6) is 0 Å². The van der Waals surface area contributed by atoms with E-state index in [1.165, 1.54) is 12.1 Å². The van der Waals surface area contributed by atoms with Gasteiger partial charge in [-0.2, -0.15) is 0 Å². The van der Waals surface area contributed by atoms with Crippen molar-refractivity contribution in [1.29, 1.82) is 0 Å². The molecule has 2 aromatic heterocycles. The molecule has 0 N–H and O–H groups in total. The van der Waals surface area contributed by atoms with Crippen molar-refractivity contribution in [2.24, 2.45) is 0 Å². The summed E-state index contributed by atoms with van der Waals surface area (Å²) in [7, 11) is 0. The van der Waals surface area contributed by atoms with E-state index >= 15 is 0 Å². The molecule has 10 aromatic rings. The Balaban J connectivity index is 1.33. The van der Waals surface area contributed by atoms with Gasteiger partial charge in [-0.05, 0) is 94.0 Å². The number of fused-ring (bicyclic) bond motifs is 6. The van der Waals surface area contributed by atoms with Crippen LogP contribution in [0.1, 0.15) is 0 Å². The maximum absolute atomic E-state index is 14.8. The molecular formula is C49H29F2N3. The van der Waals surface area contributed by atoms with Gasteiger partial charge in [0, 0.05) is 27.6 Å². The first-order chi connectivity index (χ1) is 26.6. The normalized spacial score (nSPS) is 11.5. The number of rotatable bonds is 5. The summed E-state index contributed by atoms with van der Waals surface area (Å²) in [4.78, 5) is 3.97. The third kappa shape index (κ3) is 5.00. The van der Waals surface area contributed by atoms with Crippen molar-refractivity contribution in [2.75, 3.05) is 0 Å². The lowest BCUT2D eigenvalue weighted by atomic mass is 10.0. The van der Waals surface area contributed by atoms with Crippen LogP contribution in [0, 0.1) is 18.2 Å². The van der Waals surface area contributed by atoms with Crippen LogP contribution >= 0.6 is 0 Å². The second-order valence-electron chi connectivity index (χ2n) is 13.5. The minimum atomic E-state index is -0.700. The van der Waals surface area contributed by atoms with Gasteiger partial charge in [0.15, 0.2) is 5.69 Å². The molecule has 0 atom stereocenters. The van der Waals surface area contributed by atoms with Gasteiger partial charge in [-0.3, -0.25) is 0 Å². The molecule has 2 heterocycles. The van der Waals surface area contributed by atoms with Gasteiger partial charge >= 0.3 is 0 Å². The molecule has 0 amide bonds. The van der Waals surface area contributed by atoms with E-state index in [9.17, 15) is 8.78 Å². The van der Waals surface area contributed by atoms with E-state index in [2.05, 4.69) is 98.9 Å². The fraction of sp³-hybridized carbons (Fsp3) is 0. The summed E-state index contributed by atoms with van der Waals surface area (Å²) >= 11 is 0. The van der Waals surface area contributed by atoms with E-state index in [0.717, 1.165) is 83.3 Å². The Labute approximate surface area is 310 Å². The molecular weight excluding hydrogens is 669 g/mol. The highest BCUT2D eigenvalue weighted by molar-refractivity contribution is 6.13. The van der Waals surface area contributed by atoms with Gasteiger partial charge < -0.3 is 9.13 Å². The van der Waals surface area contributed by atoms with Crippen LogP contribution in [0.15, 0.2) is 176 Å². The van der Waals surface area contributed by atoms with Crippen molar-refractivity contribution in [2.45, 2.75) is 0 Å². The average molecular weight is 698 g/mol. The zero-order chi connectivity index (χ0) is 36.3. The zero-order valence-electron chi connectivity index (χ0n) is 28.8. The summed E-state index contributed by atoms with van der Waals surface area (Å²) in [5.41, 5.74) is 10.9. The van der Waals surface area contributed by atoms with Crippen molar-refractivity contribution in [1.82, 2.24) is 9.13 Å². The van der Waals surface area contributed by atoms with E-state index in [1.807, 2.05) is 72.8 Å². The standard InChI is InChI=1S/C49H29F2N3/c1-52-43-30-49(54-45-19-11-9-17-39(45)42-27-34(21-23-47(42)54)32-14-6-3-7-15-32)48(29-40(43)35-24-36(50)28-37(51)25-35)53-44-18-10-8-16-38(44)41-26-33(20-22-46(41)53)31-12-4-2-5-13-31/h2-30H. The SMILES string of the molecule is [C-]#[N+]c1cc(-n2c3ccccc3c3cc(-c4ccccc4)ccc32)c(-n2c3ccccc3c3cc(-c4ccccc4)ccc32)cc1-c1cc(F)cc(F)c1. The van der Waals surface area contributed by atoms with Gasteiger partial charge in [0.1, 0.15) is 11.6 Å². The lowest BCUT2D eigenvalue weighted by Gasteiger charge is -2.20. The van der Waals surface area contributed by atoms with Gasteiger partial charge in [-0.25, -0.2) is 13.6 Å². The summed E-state index contributed by atoms with van der Waals surface area (Å²) in [6, 6.07) is 57.5. The van der Waals surface area contributed by atoms with Crippen LogP contribution in [0.25, 0.3) is 93.2 Å². The van der Waals surface area contributed by atoms with Crippen LogP contribution in [-0.4, -0.2) is 9.13 Å². The van der Waals surface area contributed by atoms with Crippen molar-refractivity contribution >= 4 is 49.3 Å². The summed E-state index contributed by atoms with van der Waals surface area (Å²) in [5, 5.41) is 4.29. The van der Waals surface area contributed by atoms with E-state index in [1.54, 1.807) is 0 Å². The topological polar surface area (TPSA) is 14.2 Å². The number of hydrogen-bond acceptors (Lipinski definition) is 0. The van der Waals surface area contributed by atoms with E-state index < -0.39 is 11.6 Å². The molecule has 0 aliphatic rings. The number of aromatic nitrogens is 2. The van der Waals surface area contributed by atoms with Gasteiger partial charge in [0.2, 0.25) is 0 Å². The van der Waals surface area contributed by atoms with Crippen molar-refractivity contribution < 1.29 is 8.78 Å². The van der Waals surface area contributed by atoms with Crippen LogP contribution in [0.2, 0.25) is 0 Å². The van der Waals surface area contributed by atoms with Crippen molar-refractivity contribution in [3.8, 4) is 44.8 Å². The number of hydrogen-bond donors (Lipinski definition) is 0. The smallest absolute Gasteiger partial charge is 0.197 e. The first-order valence-corrected chi connectivity index (χ1v) is 17.8. The quantitative estimate of drug-likeness (QED) is 0.159. The monoisotopic (exact) mass is 697 g/mol. The van der Waals surface area contributed by atoms with Crippen LogP contribution in [0.3, 0.4) is 0 Å². The highest BCUT2D eigenvalue weighted by Gasteiger charge is 2.23. The van der Waals surface area contributed by atoms with Gasteiger partial charge in [0.25, 0.3) is 0 Å². The van der Waals surface area contributed by atoms with E-state index in [0.29, 0.717) is 11.1 Å². The zero-order valence-corrected chi connectivity index (χ0v) is 28.8. The summed E-state index contributed by atoms with van der Waals surface area (Å²) in [5.74, 6) is -1.40. The number of nitrogens with zero attached hydrogens (tertiary/aromatic N) is 3. The maximum Gasteiger partial charge on any atom is 0.197 e. The minimum Gasteiger partial charge on any atom is -0.308 e. The molecule has 0 radical (unpaired) electrons. The highest BCUT2D eigenvalue weighted by atomic mass is 19.1. The van der Waals surface area contributed by atoms with Crippen molar-refractivity contribution in [3.05, 3.63) is 199 Å². The molecule has 0 aliphatic carbocycles. The maximum atomic E-state index is 14.8. The Morgan fingerprint density at radius 3 is 1.31 bits per heavy atom. The summed E-state index contributed by atoms with van der Waals surface area (Å²) in [6.07, 6.45) is 0. The third-order valence-electron chi connectivity index (χ3n) is 10.4. The Bertz CT molecular complexity index is 3110. The lowest BCUT2D eigenvalue weighted by molar-refractivity contribution is 0.584. The average Bonchev–Trinajstić information content (AvgIpc) is 3.72. The molecule has 0 aliphatic heterocycles. The lowest BCUT2D eigenvalue weighted by Crippen LogP contribution is -2.04. The van der Waals surface area contributed by atoms with Gasteiger partial charge in [0.05, 0.1) is 40.0 Å². The Morgan fingerprint density at radius 1 is 0.370 bits per heavy atom. The Kier molecular flexibility index (Phi) is 7.24. The largest absolute Gasteiger partial charge is 0.308 e. The Hall–Kier alpha value is -7.29. The first kappa shape index (κ1) is 31.4. The fourth-order valence-corrected chi connectivity index (χ4v) is 8.04. The second kappa shape index (κ2) is 12.4. The van der Waals surface area contributed by atoms with Gasteiger partial charge in [-0.1, -0.05) is 109 Å². The number of para-hydroxylation sites is 2.